The van der Waals surface area contributed by atoms with Crippen molar-refractivity contribution >= 4 is 71.5 Å². The molecule has 0 saturated carbocycles. The smallest absolute Gasteiger partial charge is 0.166 e. The van der Waals surface area contributed by atoms with Crippen molar-refractivity contribution in [2.75, 3.05) is 5.32 Å². The average molecular weight is 468 g/mol. The van der Waals surface area contributed by atoms with Crippen LogP contribution in [0.15, 0.2) is 17.5 Å². The van der Waals surface area contributed by atoms with E-state index in [4.69, 9.17) is 10.1 Å². The summed E-state index contributed by atoms with van der Waals surface area (Å²) in [5, 5.41) is 11.6. The highest BCUT2D eigenvalue weighted by atomic mass is 127. The Morgan fingerprint density at radius 2 is 2.17 bits per heavy atom. The molecule has 0 amide bonds. The molecule has 0 fully saturated rings. The number of hydrogen-bond donors (Lipinski definition) is 1. The van der Waals surface area contributed by atoms with Crippen molar-refractivity contribution in [2.45, 2.75) is 24.8 Å². The Kier molecular flexibility index (Phi) is 4.26. The summed E-state index contributed by atoms with van der Waals surface area (Å²) in [7, 11) is 2.02. The van der Waals surface area contributed by atoms with Gasteiger partial charge in [0.25, 0.3) is 0 Å². The fourth-order valence-corrected chi connectivity index (χ4v) is 6.12. The second-order valence-corrected chi connectivity index (χ2v) is 8.59. The largest absolute Gasteiger partial charge is 0.363 e. The highest BCUT2D eigenvalue weighted by molar-refractivity contribution is 14.1. The summed E-state index contributed by atoms with van der Waals surface area (Å²) in [6.45, 7) is 5.13. The number of halogens is 1. The standard InChI is InChI=1S/C17H17IN4S2/c1-9-12(7-18)10(2)20-17-13(9)14-15(24-17)16(21-22(14)3)19-8-11-5-4-6-23-11/h4-6H,7-8H2,1-3H3,(H,19,21). The number of pyridine rings is 1. The van der Waals surface area contributed by atoms with Gasteiger partial charge in [0.15, 0.2) is 5.82 Å². The molecular formula is C17H17IN4S2. The van der Waals surface area contributed by atoms with Gasteiger partial charge in [0, 0.05) is 27.4 Å². The van der Waals surface area contributed by atoms with Gasteiger partial charge in [-0.2, -0.15) is 5.10 Å². The molecule has 0 aliphatic rings. The summed E-state index contributed by atoms with van der Waals surface area (Å²) in [6, 6.07) is 4.22. The molecule has 4 heterocycles. The maximum Gasteiger partial charge on any atom is 0.166 e. The Hall–Kier alpha value is -1.19. The maximum absolute atomic E-state index is 4.86. The van der Waals surface area contributed by atoms with Gasteiger partial charge in [-0.05, 0) is 36.4 Å². The minimum atomic E-state index is 0.808. The van der Waals surface area contributed by atoms with Gasteiger partial charge in [-0.3, -0.25) is 4.68 Å². The van der Waals surface area contributed by atoms with Crippen molar-refractivity contribution in [1.82, 2.24) is 14.8 Å². The van der Waals surface area contributed by atoms with Crippen molar-refractivity contribution in [3.05, 3.63) is 39.2 Å². The predicted molar refractivity (Wildman–Crippen MR) is 113 cm³/mol. The van der Waals surface area contributed by atoms with Crippen LogP contribution in [0.5, 0.6) is 0 Å². The van der Waals surface area contributed by atoms with Crippen molar-refractivity contribution in [1.29, 1.82) is 0 Å². The quantitative estimate of drug-likeness (QED) is 0.322. The monoisotopic (exact) mass is 468 g/mol. The summed E-state index contributed by atoms with van der Waals surface area (Å²) in [4.78, 5) is 7.28. The Morgan fingerprint density at radius 3 is 2.88 bits per heavy atom. The molecule has 0 spiro atoms. The summed E-state index contributed by atoms with van der Waals surface area (Å²) >= 11 is 5.92. The highest BCUT2D eigenvalue weighted by Crippen LogP contribution is 2.40. The fraction of sp³-hybridized carbons (Fsp3) is 0.294. The van der Waals surface area contributed by atoms with E-state index in [-0.39, 0.29) is 0 Å². The van der Waals surface area contributed by atoms with Crippen LogP contribution < -0.4 is 5.32 Å². The third-order valence-electron chi connectivity index (χ3n) is 4.33. The summed E-state index contributed by atoms with van der Waals surface area (Å²) < 4.78 is 4.17. The van der Waals surface area contributed by atoms with Crippen LogP contribution in [0.1, 0.15) is 21.7 Å². The Bertz CT molecular complexity index is 1030. The van der Waals surface area contributed by atoms with Crippen LogP contribution >= 0.6 is 45.3 Å². The third-order valence-corrected chi connectivity index (χ3v) is 7.05. The first-order chi connectivity index (χ1) is 11.6. The van der Waals surface area contributed by atoms with Gasteiger partial charge in [0.05, 0.1) is 16.8 Å². The van der Waals surface area contributed by atoms with Crippen LogP contribution in [0.25, 0.3) is 20.4 Å². The number of fused-ring (bicyclic) bond motifs is 3. The van der Waals surface area contributed by atoms with Crippen molar-refractivity contribution in [3.8, 4) is 0 Å². The lowest BCUT2D eigenvalue weighted by atomic mass is 10.1. The highest BCUT2D eigenvalue weighted by Gasteiger charge is 2.20. The predicted octanol–water partition coefficient (Wildman–Crippen LogP) is 5.41. The molecule has 0 aliphatic carbocycles. The lowest BCUT2D eigenvalue weighted by Gasteiger charge is -2.07. The first-order valence-corrected chi connectivity index (χ1v) is 10.9. The molecule has 0 saturated heterocycles. The summed E-state index contributed by atoms with van der Waals surface area (Å²) in [5.74, 6) is 0.956. The van der Waals surface area contributed by atoms with E-state index in [1.54, 1.807) is 22.7 Å². The Morgan fingerprint density at radius 1 is 1.33 bits per heavy atom. The van der Waals surface area contributed by atoms with E-state index in [9.17, 15) is 0 Å². The van der Waals surface area contributed by atoms with E-state index in [0.29, 0.717) is 0 Å². The molecule has 0 radical (unpaired) electrons. The SMILES string of the molecule is Cc1nc2sc3c(NCc4cccs4)nn(C)c3c2c(C)c1CI. The number of hydrogen-bond acceptors (Lipinski definition) is 5. The maximum atomic E-state index is 4.86. The van der Waals surface area contributed by atoms with Gasteiger partial charge in [-0.15, -0.1) is 22.7 Å². The van der Waals surface area contributed by atoms with Gasteiger partial charge >= 0.3 is 0 Å². The topological polar surface area (TPSA) is 42.7 Å². The number of nitrogens with one attached hydrogen (secondary N) is 1. The van der Waals surface area contributed by atoms with Crippen molar-refractivity contribution in [2.24, 2.45) is 7.05 Å². The van der Waals surface area contributed by atoms with Crippen molar-refractivity contribution in [3.63, 3.8) is 0 Å². The Labute approximate surface area is 162 Å². The average Bonchev–Trinajstić information content (AvgIpc) is 3.23. The molecule has 0 aromatic carbocycles. The summed E-state index contributed by atoms with van der Waals surface area (Å²) in [5.41, 5.74) is 5.02. The molecule has 0 unspecified atom stereocenters. The van der Waals surface area contributed by atoms with Gasteiger partial charge in [0.2, 0.25) is 0 Å². The Balaban J connectivity index is 1.87. The second kappa shape index (κ2) is 6.27. The second-order valence-electron chi connectivity index (χ2n) is 5.80. The lowest BCUT2D eigenvalue weighted by Crippen LogP contribution is -2.00. The van der Waals surface area contributed by atoms with Gasteiger partial charge in [-0.1, -0.05) is 28.7 Å². The lowest BCUT2D eigenvalue weighted by molar-refractivity contribution is 0.799. The van der Waals surface area contributed by atoms with E-state index >= 15 is 0 Å². The molecule has 0 atom stereocenters. The first kappa shape index (κ1) is 16.3. The first-order valence-electron chi connectivity index (χ1n) is 7.67. The molecule has 4 aromatic rings. The van der Waals surface area contributed by atoms with Crippen LogP contribution in [-0.4, -0.2) is 14.8 Å². The molecule has 4 aromatic heterocycles. The minimum Gasteiger partial charge on any atom is -0.363 e. The number of rotatable bonds is 4. The van der Waals surface area contributed by atoms with Crippen LogP contribution in [-0.2, 0) is 18.0 Å². The van der Waals surface area contributed by atoms with Crippen LogP contribution in [0.3, 0.4) is 0 Å². The van der Waals surface area contributed by atoms with Crippen molar-refractivity contribution < 1.29 is 0 Å². The van der Waals surface area contributed by atoms with E-state index in [0.717, 1.165) is 27.3 Å². The molecular weight excluding hydrogens is 451 g/mol. The van der Waals surface area contributed by atoms with E-state index < -0.39 is 0 Å². The normalized spacial score (nSPS) is 11.7. The third kappa shape index (κ3) is 2.53. The fourth-order valence-electron chi connectivity index (χ4n) is 3.08. The number of nitrogens with zero attached hydrogens (tertiary/aromatic N) is 3. The van der Waals surface area contributed by atoms with E-state index in [1.165, 1.54) is 31.6 Å². The van der Waals surface area contributed by atoms with Gasteiger partial charge in [0.1, 0.15) is 4.83 Å². The van der Waals surface area contributed by atoms with Crippen LogP contribution in [0.4, 0.5) is 5.82 Å². The number of aromatic nitrogens is 3. The zero-order valence-corrected chi connectivity index (χ0v) is 17.5. The molecule has 0 bridgehead atoms. The van der Waals surface area contributed by atoms with Gasteiger partial charge < -0.3 is 5.32 Å². The summed E-state index contributed by atoms with van der Waals surface area (Å²) in [6.07, 6.45) is 0. The van der Waals surface area contributed by atoms with Gasteiger partial charge in [-0.25, -0.2) is 4.98 Å². The molecule has 4 rings (SSSR count). The molecule has 24 heavy (non-hydrogen) atoms. The van der Waals surface area contributed by atoms with E-state index in [1.807, 2.05) is 11.7 Å². The molecule has 1 N–H and O–H groups in total. The number of thiophene rings is 2. The molecule has 7 heteroatoms. The zero-order valence-electron chi connectivity index (χ0n) is 13.7. The molecule has 0 aliphatic heterocycles. The minimum absolute atomic E-state index is 0.808. The number of aryl methyl sites for hydroxylation is 3. The number of alkyl halides is 1. The van der Waals surface area contributed by atoms with Crippen LogP contribution in [0, 0.1) is 13.8 Å². The number of anilines is 1. The van der Waals surface area contributed by atoms with E-state index in [2.05, 4.69) is 59.3 Å². The molecule has 124 valence electrons. The zero-order chi connectivity index (χ0) is 16.8. The van der Waals surface area contributed by atoms with Crippen LogP contribution in [0.2, 0.25) is 0 Å². The molecule has 4 nitrogen and oxygen atoms in total.